The van der Waals surface area contributed by atoms with E-state index in [1.54, 1.807) is 36.4 Å². The fourth-order valence-electron chi connectivity index (χ4n) is 2.23. The lowest BCUT2D eigenvalue weighted by atomic mass is 10.1. The van der Waals surface area contributed by atoms with Crippen molar-refractivity contribution in [3.05, 3.63) is 77.7 Å². The average Bonchev–Trinajstić information content (AvgIpc) is 2.64. The molecule has 0 aliphatic rings. The Kier molecular flexibility index (Phi) is 4.98. The van der Waals surface area contributed by atoms with Crippen LogP contribution in [-0.4, -0.2) is 21.9 Å². The van der Waals surface area contributed by atoms with Crippen LogP contribution in [0.15, 0.2) is 60.7 Å². The van der Waals surface area contributed by atoms with E-state index in [4.69, 9.17) is 0 Å². The van der Waals surface area contributed by atoms with Crippen LogP contribution in [0.3, 0.4) is 0 Å². The highest BCUT2D eigenvalue weighted by atomic mass is 19.1. The Labute approximate surface area is 149 Å². The van der Waals surface area contributed by atoms with Crippen LogP contribution >= 0.6 is 0 Å². The molecule has 0 saturated heterocycles. The number of rotatable bonds is 5. The molecule has 0 fully saturated rings. The number of halogens is 1. The average molecular weight is 350 g/mol. The molecule has 0 atom stereocenters. The van der Waals surface area contributed by atoms with Crippen molar-refractivity contribution in [1.29, 1.82) is 0 Å². The van der Waals surface area contributed by atoms with Gasteiger partial charge in [-0.05, 0) is 43.3 Å². The number of nitrogens with one attached hydrogen (secondary N) is 2. The zero-order valence-electron chi connectivity index (χ0n) is 13.9. The molecule has 3 aromatic rings. The number of nitrogens with zero attached hydrogens (tertiary/aromatic N) is 2. The molecular formula is C19H15FN4O2. The van der Waals surface area contributed by atoms with E-state index in [1.165, 1.54) is 31.2 Å². The summed E-state index contributed by atoms with van der Waals surface area (Å²) in [5, 5.41) is 13.2. The quantitative estimate of drug-likeness (QED) is 0.684. The van der Waals surface area contributed by atoms with Crippen molar-refractivity contribution < 1.29 is 14.0 Å². The highest BCUT2D eigenvalue weighted by molar-refractivity contribution is 6.02. The maximum Gasteiger partial charge on any atom is 0.276 e. The van der Waals surface area contributed by atoms with E-state index in [0.29, 0.717) is 17.1 Å². The molecule has 2 N–H and O–H groups in total. The summed E-state index contributed by atoms with van der Waals surface area (Å²) in [5.41, 5.74) is 1.37. The number of para-hydroxylation sites is 1. The first kappa shape index (κ1) is 17.2. The normalized spacial score (nSPS) is 10.2. The molecule has 0 aliphatic carbocycles. The molecule has 0 aliphatic heterocycles. The summed E-state index contributed by atoms with van der Waals surface area (Å²) in [6, 6.07) is 15.9. The fourth-order valence-corrected chi connectivity index (χ4v) is 2.23. The Morgan fingerprint density at radius 1 is 0.962 bits per heavy atom. The van der Waals surface area contributed by atoms with Crippen LogP contribution in [0, 0.1) is 5.82 Å². The molecule has 2 aromatic carbocycles. The van der Waals surface area contributed by atoms with E-state index >= 15 is 0 Å². The molecule has 0 unspecified atom stereocenters. The van der Waals surface area contributed by atoms with Crippen molar-refractivity contribution in [1.82, 2.24) is 10.2 Å². The number of carbonyl (C=O) groups excluding carboxylic acids is 2. The third-order valence-corrected chi connectivity index (χ3v) is 3.56. The Hall–Kier alpha value is -3.61. The highest BCUT2D eigenvalue weighted by Crippen LogP contribution is 2.17. The molecule has 7 heteroatoms. The van der Waals surface area contributed by atoms with Crippen LogP contribution in [0.1, 0.15) is 27.8 Å². The number of amides is 1. The van der Waals surface area contributed by atoms with Crippen molar-refractivity contribution in [3.63, 3.8) is 0 Å². The van der Waals surface area contributed by atoms with Crippen LogP contribution in [0.4, 0.5) is 21.6 Å². The minimum Gasteiger partial charge on any atom is -0.339 e. The number of aromatic nitrogens is 2. The SMILES string of the molecule is CC(=O)c1cccc(Nc2ccc(C(=O)Nc3ccccc3F)nn2)c1. The molecule has 0 spiro atoms. The monoisotopic (exact) mass is 350 g/mol. The van der Waals surface area contributed by atoms with E-state index in [-0.39, 0.29) is 17.2 Å². The zero-order chi connectivity index (χ0) is 18.5. The predicted octanol–water partition coefficient (Wildman–Crippen LogP) is 3.81. The van der Waals surface area contributed by atoms with Gasteiger partial charge in [0.2, 0.25) is 0 Å². The summed E-state index contributed by atoms with van der Waals surface area (Å²) in [7, 11) is 0. The fraction of sp³-hybridized carbons (Fsp3) is 0.0526. The highest BCUT2D eigenvalue weighted by Gasteiger charge is 2.11. The van der Waals surface area contributed by atoms with E-state index in [1.807, 2.05) is 0 Å². The topological polar surface area (TPSA) is 84.0 Å². The summed E-state index contributed by atoms with van der Waals surface area (Å²) in [5.74, 6) is -0.724. The first-order valence-electron chi connectivity index (χ1n) is 7.80. The van der Waals surface area contributed by atoms with Gasteiger partial charge in [-0.2, -0.15) is 0 Å². The molecule has 1 amide bonds. The van der Waals surface area contributed by atoms with Gasteiger partial charge >= 0.3 is 0 Å². The summed E-state index contributed by atoms with van der Waals surface area (Å²) in [6.07, 6.45) is 0. The molecule has 1 aromatic heterocycles. The lowest BCUT2D eigenvalue weighted by molar-refractivity contribution is 0.101. The van der Waals surface area contributed by atoms with Crippen molar-refractivity contribution in [2.45, 2.75) is 6.92 Å². The van der Waals surface area contributed by atoms with E-state index in [9.17, 15) is 14.0 Å². The Morgan fingerprint density at radius 3 is 2.46 bits per heavy atom. The second-order valence-electron chi connectivity index (χ2n) is 5.50. The van der Waals surface area contributed by atoms with E-state index in [0.717, 1.165) is 0 Å². The van der Waals surface area contributed by atoms with Crippen molar-refractivity contribution in [2.24, 2.45) is 0 Å². The zero-order valence-corrected chi connectivity index (χ0v) is 13.9. The van der Waals surface area contributed by atoms with Crippen molar-refractivity contribution in [3.8, 4) is 0 Å². The molecule has 6 nitrogen and oxygen atoms in total. The summed E-state index contributed by atoms with van der Waals surface area (Å²) >= 11 is 0. The van der Waals surface area contributed by atoms with Gasteiger partial charge < -0.3 is 10.6 Å². The number of carbonyl (C=O) groups is 2. The third-order valence-electron chi connectivity index (χ3n) is 3.56. The minimum atomic E-state index is -0.562. The number of hydrogen-bond acceptors (Lipinski definition) is 5. The number of ketones is 1. The first-order chi connectivity index (χ1) is 12.5. The molecule has 26 heavy (non-hydrogen) atoms. The second-order valence-corrected chi connectivity index (χ2v) is 5.50. The van der Waals surface area contributed by atoms with Crippen LogP contribution in [0.25, 0.3) is 0 Å². The Balaban J connectivity index is 1.70. The molecule has 0 bridgehead atoms. The van der Waals surface area contributed by atoms with Crippen molar-refractivity contribution in [2.75, 3.05) is 10.6 Å². The van der Waals surface area contributed by atoms with Gasteiger partial charge in [-0.15, -0.1) is 10.2 Å². The van der Waals surface area contributed by atoms with Gasteiger partial charge in [-0.25, -0.2) is 4.39 Å². The lowest BCUT2D eigenvalue weighted by Gasteiger charge is -2.08. The smallest absolute Gasteiger partial charge is 0.276 e. The van der Waals surface area contributed by atoms with Crippen molar-refractivity contribution >= 4 is 28.9 Å². The number of hydrogen-bond donors (Lipinski definition) is 2. The van der Waals surface area contributed by atoms with Gasteiger partial charge in [0.25, 0.3) is 5.91 Å². The van der Waals surface area contributed by atoms with E-state index < -0.39 is 11.7 Å². The minimum absolute atomic E-state index is 0.0418. The lowest BCUT2D eigenvalue weighted by Crippen LogP contribution is -2.15. The summed E-state index contributed by atoms with van der Waals surface area (Å²) < 4.78 is 13.6. The van der Waals surface area contributed by atoms with Gasteiger partial charge in [-0.3, -0.25) is 9.59 Å². The Morgan fingerprint density at radius 2 is 1.77 bits per heavy atom. The van der Waals surface area contributed by atoms with Crippen LogP contribution in [-0.2, 0) is 0 Å². The maximum atomic E-state index is 13.6. The molecular weight excluding hydrogens is 335 g/mol. The second kappa shape index (κ2) is 7.52. The van der Waals surface area contributed by atoms with Crippen LogP contribution in [0.2, 0.25) is 0 Å². The van der Waals surface area contributed by atoms with Gasteiger partial charge in [0, 0.05) is 11.3 Å². The molecule has 3 rings (SSSR count). The largest absolute Gasteiger partial charge is 0.339 e. The molecule has 0 saturated carbocycles. The van der Waals surface area contributed by atoms with Gasteiger partial charge in [-0.1, -0.05) is 24.3 Å². The van der Waals surface area contributed by atoms with Gasteiger partial charge in [0.15, 0.2) is 17.3 Å². The van der Waals surface area contributed by atoms with Gasteiger partial charge in [0.05, 0.1) is 5.69 Å². The number of anilines is 3. The van der Waals surface area contributed by atoms with E-state index in [2.05, 4.69) is 20.8 Å². The molecule has 1 heterocycles. The number of Topliss-reactive ketones (excluding diaryl/α,β-unsaturated/α-hetero) is 1. The van der Waals surface area contributed by atoms with Crippen LogP contribution < -0.4 is 10.6 Å². The summed E-state index contributed by atoms with van der Waals surface area (Å²) in [6.45, 7) is 1.49. The van der Waals surface area contributed by atoms with Crippen LogP contribution in [0.5, 0.6) is 0 Å². The Bertz CT molecular complexity index is 958. The number of benzene rings is 2. The first-order valence-corrected chi connectivity index (χ1v) is 7.80. The third kappa shape index (κ3) is 4.07. The maximum absolute atomic E-state index is 13.6. The predicted molar refractivity (Wildman–Crippen MR) is 96.1 cm³/mol. The molecule has 130 valence electrons. The summed E-state index contributed by atoms with van der Waals surface area (Å²) in [4.78, 5) is 23.5. The standard InChI is InChI=1S/C19H15FN4O2/c1-12(25)13-5-4-6-14(11-13)21-18-10-9-17(23-24-18)19(26)22-16-8-3-2-7-15(16)20/h2-11H,1H3,(H,21,24)(H,22,26). The molecule has 0 radical (unpaired) electrons. The van der Waals surface area contributed by atoms with Gasteiger partial charge in [0.1, 0.15) is 5.82 Å².